The molecule has 3 N–H and O–H groups in total. The van der Waals surface area contributed by atoms with E-state index in [1.165, 1.54) is 24.8 Å². The van der Waals surface area contributed by atoms with Crippen molar-refractivity contribution in [3.8, 4) is 0 Å². The van der Waals surface area contributed by atoms with Crippen molar-refractivity contribution in [2.24, 2.45) is 0 Å². The Balaban J connectivity index is 2.26. The van der Waals surface area contributed by atoms with Crippen LogP contribution >= 0.6 is 6.89 Å². The first-order chi connectivity index (χ1) is 13.0. The predicted molar refractivity (Wildman–Crippen MR) is 110 cm³/mol. The summed E-state index contributed by atoms with van der Waals surface area (Å²) in [7, 11) is 1.44. The van der Waals surface area contributed by atoms with Gasteiger partial charge >= 0.3 is 5.69 Å². The topological polar surface area (TPSA) is 123 Å². The zero-order valence-corrected chi connectivity index (χ0v) is 17.7. The first-order valence-corrected chi connectivity index (χ1v) is 12.2. The highest BCUT2D eigenvalue weighted by molar-refractivity contribution is 7.72. The largest absolute Gasteiger partial charge is 0.388 e. The van der Waals surface area contributed by atoms with Gasteiger partial charge in [-0.05, 0) is 32.8 Å². The van der Waals surface area contributed by atoms with Gasteiger partial charge < -0.3 is 19.9 Å². The molecule has 1 aromatic rings. The third kappa shape index (κ3) is 5.75. The summed E-state index contributed by atoms with van der Waals surface area (Å²) in [5, 5.41) is 13.4. The van der Waals surface area contributed by atoms with Crippen LogP contribution in [0.3, 0.4) is 0 Å². The Morgan fingerprint density at radius 2 is 2.14 bits per heavy atom. The number of aliphatic hydroxyl groups excluding tert-OH is 1. The number of hydrogen-bond acceptors (Lipinski definition) is 7. The molecule has 158 valence electrons. The lowest BCUT2D eigenvalue weighted by atomic mass is 10.1. The molecular weight excluding hydrogens is 385 g/mol. The highest BCUT2D eigenvalue weighted by atomic mass is 31.2. The van der Waals surface area contributed by atoms with Gasteiger partial charge in [0, 0.05) is 25.4 Å². The van der Waals surface area contributed by atoms with Crippen LogP contribution in [0.5, 0.6) is 0 Å². The number of rotatable bonds is 9. The first-order valence-electron chi connectivity index (χ1n) is 9.11. The number of H-pyrrole nitrogens is 1. The van der Waals surface area contributed by atoms with Crippen LogP contribution in [0.4, 0.5) is 0 Å². The number of Topliss-reactive ketones (excluding diaryl/α,β-unsaturated/α-hetero) is 1. The molecule has 0 amide bonds. The summed E-state index contributed by atoms with van der Waals surface area (Å²) in [5.74, 6) is -0.0644. The molecule has 0 aliphatic carbocycles. The Morgan fingerprint density at radius 3 is 2.71 bits per heavy atom. The summed E-state index contributed by atoms with van der Waals surface area (Å²) >= 11 is 0. The number of hydrogen-bond donors (Lipinski definition) is 3. The van der Waals surface area contributed by atoms with Crippen LogP contribution in [-0.4, -0.2) is 78.2 Å². The second-order valence-electron chi connectivity index (χ2n) is 7.83. The molecule has 1 saturated heterocycles. The van der Waals surface area contributed by atoms with Crippen molar-refractivity contribution in [1.82, 2.24) is 14.9 Å². The van der Waals surface area contributed by atoms with Crippen LogP contribution in [0.25, 0.3) is 0 Å². The third-order valence-corrected chi connectivity index (χ3v) is 6.08. The van der Waals surface area contributed by atoms with Crippen molar-refractivity contribution in [1.29, 1.82) is 0 Å². The molecule has 0 spiro atoms. The molecule has 1 aliphatic heterocycles. The molecule has 1 fully saturated rings. The minimum absolute atomic E-state index is 0.0644. The Labute approximate surface area is 164 Å². The van der Waals surface area contributed by atoms with E-state index in [0.717, 1.165) is 6.16 Å². The van der Waals surface area contributed by atoms with Gasteiger partial charge in [-0.1, -0.05) is 0 Å². The SMILES string of the molecule is C=P(C)(C)CCC1OC(n2cc(CNCC(C)=O)c(=O)[nH]c2=O)[C@H](OC)[C@@H]1O. The van der Waals surface area contributed by atoms with E-state index < -0.39 is 42.7 Å². The summed E-state index contributed by atoms with van der Waals surface area (Å²) in [6.07, 6.45) is 3.97. The zero-order valence-electron chi connectivity index (χ0n) is 16.8. The fraction of sp³-hybridized carbons (Fsp3) is 0.667. The maximum atomic E-state index is 12.4. The molecule has 2 heterocycles. The highest BCUT2D eigenvalue weighted by Crippen LogP contribution is 2.39. The lowest BCUT2D eigenvalue weighted by Gasteiger charge is -2.21. The number of aliphatic hydroxyl groups is 1. The number of nitrogens with zero attached hydrogens (tertiary/aromatic N) is 1. The van der Waals surface area contributed by atoms with E-state index in [4.69, 9.17) is 9.47 Å². The van der Waals surface area contributed by atoms with Gasteiger partial charge in [-0.3, -0.25) is 19.1 Å². The Bertz CT molecular complexity index is 858. The normalized spacial score (nSPS) is 25.2. The zero-order chi connectivity index (χ0) is 21.1. The van der Waals surface area contributed by atoms with Crippen LogP contribution in [0.15, 0.2) is 15.8 Å². The van der Waals surface area contributed by atoms with Crippen LogP contribution < -0.4 is 16.6 Å². The van der Waals surface area contributed by atoms with Gasteiger partial charge in [0.2, 0.25) is 0 Å². The number of aromatic nitrogens is 2. The molecule has 2 rings (SSSR count). The van der Waals surface area contributed by atoms with Gasteiger partial charge in [0.05, 0.1) is 12.6 Å². The number of ketones is 1. The number of carbonyl (C=O) groups is 1. The average molecular weight is 415 g/mol. The van der Waals surface area contributed by atoms with E-state index in [-0.39, 0.29) is 24.4 Å². The molecule has 0 radical (unpaired) electrons. The molecule has 2 unspecified atom stereocenters. The van der Waals surface area contributed by atoms with E-state index in [1.807, 2.05) is 0 Å². The summed E-state index contributed by atoms with van der Waals surface area (Å²) < 4.78 is 12.6. The van der Waals surface area contributed by atoms with E-state index in [0.29, 0.717) is 6.42 Å². The van der Waals surface area contributed by atoms with Crippen molar-refractivity contribution in [3.63, 3.8) is 0 Å². The molecule has 0 aromatic carbocycles. The van der Waals surface area contributed by atoms with E-state index in [9.17, 15) is 19.5 Å². The number of carbonyl (C=O) groups excluding carboxylic acids is 1. The second-order valence-corrected chi connectivity index (χ2v) is 12.1. The van der Waals surface area contributed by atoms with Crippen LogP contribution in [0.1, 0.15) is 25.1 Å². The molecular formula is C18H30N3O6P. The summed E-state index contributed by atoms with van der Waals surface area (Å²) in [5.41, 5.74) is -0.905. The lowest BCUT2D eigenvalue weighted by Crippen LogP contribution is -2.40. The molecule has 1 aromatic heterocycles. The first kappa shape index (κ1) is 22.8. The lowest BCUT2D eigenvalue weighted by molar-refractivity contribution is -0.116. The van der Waals surface area contributed by atoms with E-state index in [1.54, 1.807) is 0 Å². The number of nitrogens with one attached hydrogen (secondary N) is 2. The van der Waals surface area contributed by atoms with Gasteiger partial charge in [0.1, 0.15) is 18.0 Å². The molecule has 0 saturated carbocycles. The monoisotopic (exact) mass is 415 g/mol. The third-order valence-electron chi connectivity index (χ3n) is 4.61. The average Bonchev–Trinajstić information content (AvgIpc) is 2.89. The van der Waals surface area contributed by atoms with Crippen LogP contribution in [0.2, 0.25) is 0 Å². The fourth-order valence-electron chi connectivity index (χ4n) is 3.13. The minimum Gasteiger partial charge on any atom is -0.388 e. The van der Waals surface area contributed by atoms with Gasteiger partial charge in [-0.2, -0.15) is 0 Å². The van der Waals surface area contributed by atoms with Crippen molar-refractivity contribution in [2.75, 3.05) is 33.1 Å². The van der Waals surface area contributed by atoms with Crippen molar-refractivity contribution in [3.05, 3.63) is 32.6 Å². The summed E-state index contributed by atoms with van der Waals surface area (Å²) in [6, 6.07) is 0. The number of ether oxygens (including phenoxy) is 2. The van der Waals surface area contributed by atoms with Crippen molar-refractivity contribution in [2.45, 2.75) is 44.4 Å². The highest BCUT2D eigenvalue weighted by Gasteiger charge is 2.45. The minimum atomic E-state index is -1.29. The molecule has 10 heteroatoms. The Kier molecular flexibility index (Phi) is 7.59. The van der Waals surface area contributed by atoms with Gasteiger partial charge in [-0.15, -0.1) is 13.2 Å². The maximum absolute atomic E-state index is 12.4. The van der Waals surface area contributed by atoms with Crippen LogP contribution in [0, 0.1) is 0 Å². The molecule has 9 nitrogen and oxygen atoms in total. The van der Waals surface area contributed by atoms with E-state index in [2.05, 4.69) is 29.9 Å². The van der Waals surface area contributed by atoms with Gasteiger partial charge in [-0.25, -0.2) is 4.79 Å². The van der Waals surface area contributed by atoms with Crippen LogP contribution in [-0.2, 0) is 20.8 Å². The molecule has 1 aliphatic rings. The summed E-state index contributed by atoms with van der Waals surface area (Å²) in [6.45, 7) is 4.58. The van der Waals surface area contributed by atoms with E-state index >= 15 is 0 Å². The smallest absolute Gasteiger partial charge is 0.330 e. The molecule has 4 atom stereocenters. The number of methoxy groups -OCH3 is 1. The van der Waals surface area contributed by atoms with Crippen molar-refractivity contribution >= 4 is 19.0 Å². The number of aromatic amines is 1. The Hall–Kier alpha value is -1.51. The molecule has 0 bridgehead atoms. The van der Waals surface area contributed by atoms with Gasteiger partial charge in [0.25, 0.3) is 5.56 Å². The maximum Gasteiger partial charge on any atom is 0.330 e. The van der Waals surface area contributed by atoms with Crippen molar-refractivity contribution < 1.29 is 19.4 Å². The van der Waals surface area contributed by atoms with Gasteiger partial charge in [0.15, 0.2) is 6.23 Å². The summed E-state index contributed by atoms with van der Waals surface area (Å²) in [4.78, 5) is 37.7. The quantitative estimate of drug-likeness (QED) is 0.469. The fourth-order valence-corrected chi connectivity index (χ4v) is 4.08. The predicted octanol–water partition coefficient (Wildman–Crippen LogP) is -0.412. The second kappa shape index (κ2) is 9.33. The standard InChI is InChI=1S/C18H30N3O6P/c1-11(22)8-19-9-12-10-21(18(25)20-16(12)24)17-15(26-2)14(23)13(27-17)6-7-28(3,4)5/h10,13-15,17,19,23H,3,6-9H2,1-2,4-5H3,(H,20,24,25)/t13?,14-,15-,17?/m1/s1. The Morgan fingerprint density at radius 1 is 1.46 bits per heavy atom. The molecule has 28 heavy (non-hydrogen) atoms.